The van der Waals surface area contributed by atoms with Crippen LogP contribution in [-0.4, -0.2) is 21.8 Å². The van der Waals surface area contributed by atoms with E-state index in [2.05, 4.69) is 25.9 Å². The molecule has 1 aromatic heterocycles. The van der Waals surface area contributed by atoms with Crippen LogP contribution in [0.1, 0.15) is 34.4 Å². The molecule has 0 aliphatic heterocycles. The van der Waals surface area contributed by atoms with Crippen molar-refractivity contribution in [3.63, 3.8) is 0 Å². The summed E-state index contributed by atoms with van der Waals surface area (Å²) in [5.41, 5.74) is 4.74. The van der Waals surface area contributed by atoms with Gasteiger partial charge in [-0.1, -0.05) is 6.07 Å². The zero-order chi connectivity index (χ0) is 21.0. The number of anilines is 4. The zero-order valence-electron chi connectivity index (χ0n) is 16.8. The van der Waals surface area contributed by atoms with Gasteiger partial charge in [0.1, 0.15) is 17.3 Å². The minimum absolute atomic E-state index is 0.128. The van der Waals surface area contributed by atoms with E-state index in [1.807, 2.05) is 44.2 Å². The Labute approximate surface area is 169 Å². The van der Waals surface area contributed by atoms with Crippen molar-refractivity contribution in [2.75, 3.05) is 16.0 Å². The third-order valence-corrected chi connectivity index (χ3v) is 4.31. The largest absolute Gasteiger partial charge is 0.340 e. The summed E-state index contributed by atoms with van der Waals surface area (Å²) >= 11 is 0. The molecule has 1 heterocycles. The molecular formula is C22H23N5O2. The van der Waals surface area contributed by atoms with Crippen molar-refractivity contribution < 1.29 is 9.59 Å². The second kappa shape index (κ2) is 8.52. The Morgan fingerprint density at radius 3 is 2.07 bits per heavy atom. The quantitative estimate of drug-likeness (QED) is 0.603. The van der Waals surface area contributed by atoms with Gasteiger partial charge in [-0.05, 0) is 68.3 Å². The van der Waals surface area contributed by atoms with E-state index in [9.17, 15) is 9.59 Å². The lowest BCUT2D eigenvalue weighted by Crippen LogP contribution is -2.15. The lowest BCUT2D eigenvalue weighted by molar-refractivity contribution is -0.114. The molecule has 3 aromatic rings. The summed E-state index contributed by atoms with van der Waals surface area (Å²) in [6.07, 6.45) is 0. The number of nitrogens with zero attached hydrogens (tertiary/aromatic N) is 2. The molecule has 7 nitrogen and oxygen atoms in total. The Morgan fingerprint density at radius 2 is 1.41 bits per heavy atom. The van der Waals surface area contributed by atoms with Crippen LogP contribution in [0.4, 0.5) is 22.9 Å². The minimum Gasteiger partial charge on any atom is -0.340 e. The van der Waals surface area contributed by atoms with Crippen LogP contribution in [-0.2, 0) is 4.79 Å². The highest BCUT2D eigenvalue weighted by Gasteiger charge is 2.12. The molecule has 29 heavy (non-hydrogen) atoms. The van der Waals surface area contributed by atoms with E-state index in [0.29, 0.717) is 17.3 Å². The van der Waals surface area contributed by atoms with E-state index in [4.69, 9.17) is 0 Å². The topological polar surface area (TPSA) is 96.0 Å². The zero-order valence-corrected chi connectivity index (χ0v) is 16.8. The molecule has 0 unspecified atom stereocenters. The van der Waals surface area contributed by atoms with Gasteiger partial charge in [0.2, 0.25) is 5.91 Å². The van der Waals surface area contributed by atoms with Crippen LogP contribution in [0.15, 0.2) is 48.5 Å². The third-order valence-electron chi connectivity index (χ3n) is 4.31. The van der Waals surface area contributed by atoms with Gasteiger partial charge >= 0.3 is 0 Å². The number of rotatable bonds is 5. The normalized spacial score (nSPS) is 10.3. The summed E-state index contributed by atoms with van der Waals surface area (Å²) in [5.74, 6) is 0.560. The summed E-state index contributed by atoms with van der Waals surface area (Å²) < 4.78 is 0. The molecule has 0 spiro atoms. The van der Waals surface area contributed by atoms with E-state index >= 15 is 0 Å². The molecule has 0 atom stereocenters. The Morgan fingerprint density at radius 1 is 0.759 bits per heavy atom. The predicted molar refractivity (Wildman–Crippen MR) is 115 cm³/mol. The highest BCUT2D eigenvalue weighted by Crippen LogP contribution is 2.19. The second-order valence-corrected chi connectivity index (χ2v) is 6.82. The second-order valence-electron chi connectivity index (χ2n) is 6.82. The van der Waals surface area contributed by atoms with Crippen molar-refractivity contribution in [1.82, 2.24) is 9.97 Å². The van der Waals surface area contributed by atoms with Gasteiger partial charge in [0.25, 0.3) is 5.91 Å². The van der Waals surface area contributed by atoms with Crippen LogP contribution in [0.25, 0.3) is 0 Å². The van der Waals surface area contributed by atoms with Gasteiger partial charge in [0.05, 0.1) is 0 Å². The summed E-state index contributed by atoms with van der Waals surface area (Å²) in [6.45, 7) is 7.21. The van der Waals surface area contributed by atoms with Gasteiger partial charge in [-0.3, -0.25) is 9.59 Å². The molecule has 2 aromatic carbocycles. The van der Waals surface area contributed by atoms with E-state index in [1.165, 1.54) is 6.92 Å². The first-order valence-electron chi connectivity index (χ1n) is 9.19. The van der Waals surface area contributed by atoms with Crippen molar-refractivity contribution in [2.45, 2.75) is 27.7 Å². The summed E-state index contributed by atoms with van der Waals surface area (Å²) in [5, 5.41) is 8.74. The van der Waals surface area contributed by atoms with Gasteiger partial charge in [-0.25, -0.2) is 9.97 Å². The molecular weight excluding hydrogens is 366 g/mol. The average Bonchev–Trinajstić information content (AvgIpc) is 2.65. The van der Waals surface area contributed by atoms with E-state index in [-0.39, 0.29) is 17.5 Å². The van der Waals surface area contributed by atoms with Crippen molar-refractivity contribution >= 4 is 34.7 Å². The van der Waals surface area contributed by atoms with Crippen molar-refractivity contribution in [2.24, 2.45) is 0 Å². The number of hydrogen-bond acceptors (Lipinski definition) is 5. The Hall–Kier alpha value is -3.74. The number of carbonyl (C=O) groups is 2. The maximum absolute atomic E-state index is 12.6. The molecule has 0 bridgehead atoms. The Kier molecular flexibility index (Phi) is 5.87. The Balaban J connectivity index is 1.75. The third kappa shape index (κ3) is 5.38. The molecule has 0 aliphatic rings. The van der Waals surface area contributed by atoms with E-state index in [1.54, 1.807) is 25.1 Å². The fourth-order valence-corrected chi connectivity index (χ4v) is 2.75. The summed E-state index contributed by atoms with van der Waals surface area (Å²) in [7, 11) is 0. The first-order valence-corrected chi connectivity index (χ1v) is 9.19. The standard InChI is InChI=1S/C22H23N5O2/c1-13-5-6-19(11-14(13)2)27-22(29)20-12-21(24-15(3)23-20)26-18-9-7-17(8-10-18)25-16(4)28/h5-12H,1-4H3,(H,25,28)(H,27,29)(H,23,24,26). The fraction of sp³-hybridized carbons (Fsp3) is 0.182. The molecule has 0 saturated carbocycles. The highest BCUT2D eigenvalue weighted by molar-refractivity contribution is 6.03. The lowest BCUT2D eigenvalue weighted by atomic mass is 10.1. The van der Waals surface area contributed by atoms with Crippen LogP contribution >= 0.6 is 0 Å². The number of hydrogen-bond donors (Lipinski definition) is 3. The smallest absolute Gasteiger partial charge is 0.274 e. The van der Waals surface area contributed by atoms with Crippen molar-refractivity contribution in [3.8, 4) is 0 Å². The summed E-state index contributed by atoms with van der Waals surface area (Å²) in [6, 6.07) is 14.6. The van der Waals surface area contributed by atoms with Crippen molar-refractivity contribution in [1.29, 1.82) is 0 Å². The molecule has 3 rings (SSSR count). The Bertz CT molecular complexity index is 1060. The van der Waals surface area contributed by atoms with Gasteiger partial charge in [0, 0.05) is 30.1 Å². The van der Waals surface area contributed by atoms with E-state index < -0.39 is 0 Å². The first kappa shape index (κ1) is 20.0. The monoisotopic (exact) mass is 389 g/mol. The maximum Gasteiger partial charge on any atom is 0.274 e. The SMILES string of the molecule is CC(=O)Nc1ccc(Nc2cc(C(=O)Nc3ccc(C)c(C)c3)nc(C)n2)cc1. The molecule has 2 amide bonds. The lowest BCUT2D eigenvalue weighted by Gasteiger charge is -2.11. The van der Waals surface area contributed by atoms with Gasteiger partial charge in [0.15, 0.2) is 0 Å². The van der Waals surface area contributed by atoms with Crippen LogP contribution in [0.3, 0.4) is 0 Å². The molecule has 0 fully saturated rings. The van der Waals surface area contributed by atoms with Crippen LogP contribution < -0.4 is 16.0 Å². The van der Waals surface area contributed by atoms with Gasteiger partial charge in [-0.2, -0.15) is 0 Å². The number of benzene rings is 2. The highest BCUT2D eigenvalue weighted by atomic mass is 16.2. The molecule has 0 aliphatic carbocycles. The minimum atomic E-state index is -0.303. The van der Waals surface area contributed by atoms with Gasteiger partial charge < -0.3 is 16.0 Å². The fourth-order valence-electron chi connectivity index (χ4n) is 2.75. The molecule has 0 radical (unpaired) electrons. The number of carbonyl (C=O) groups excluding carboxylic acids is 2. The molecule has 0 saturated heterocycles. The van der Waals surface area contributed by atoms with Crippen LogP contribution in [0.5, 0.6) is 0 Å². The summed E-state index contributed by atoms with van der Waals surface area (Å²) in [4.78, 5) is 32.3. The van der Waals surface area contributed by atoms with E-state index in [0.717, 1.165) is 22.5 Å². The molecule has 3 N–H and O–H groups in total. The van der Waals surface area contributed by atoms with Crippen molar-refractivity contribution in [3.05, 3.63) is 71.2 Å². The van der Waals surface area contributed by atoms with Crippen LogP contribution in [0, 0.1) is 20.8 Å². The predicted octanol–water partition coefficient (Wildman–Crippen LogP) is 4.36. The number of aryl methyl sites for hydroxylation is 3. The number of amides is 2. The molecule has 148 valence electrons. The maximum atomic E-state index is 12.6. The molecule has 7 heteroatoms. The average molecular weight is 389 g/mol. The number of nitrogens with one attached hydrogen (secondary N) is 3. The number of aromatic nitrogens is 2. The van der Waals surface area contributed by atoms with Gasteiger partial charge in [-0.15, -0.1) is 0 Å². The van der Waals surface area contributed by atoms with Crippen LogP contribution in [0.2, 0.25) is 0 Å². The first-order chi connectivity index (χ1) is 13.8.